The van der Waals surface area contributed by atoms with Crippen molar-refractivity contribution in [2.75, 3.05) is 6.54 Å². The molecule has 0 saturated heterocycles. The van der Waals surface area contributed by atoms with E-state index in [2.05, 4.69) is 37.2 Å². The monoisotopic (exact) mass is 457 g/mol. The summed E-state index contributed by atoms with van der Waals surface area (Å²) in [6.45, 7) is 2.64. The Labute approximate surface area is 148 Å². The van der Waals surface area contributed by atoms with E-state index in [0.717, 1.165) is 15.1 Å². The Balaban J connectivity index is 2.50. The molecule has 114 valence electrons. The van der Waals surface area contributed by atoms with Gasteiger partial charge in [-0.15, -0.1) is 11.3 Å². The molecular formula is C14H12Br2ClF2NS. The molecule has 0 aliphatic rings. The highest BCUT2D eigenvalue weighted by molar-refractivity contribution is 9.11. The molecular weight excluding hydrogens is 447 g/mol. The molecule has 2 aromatic rings. The number of rotatable bonds is 5. The fourth-order valence-electron chi connectivity index (χ4n) is 1.97. The highest BCUT2D eigenvalue weighted by atomic mass is 79.9. The van der Waals surface area contributed by atoms with Gasteiger partial charge in [-0.1, -0.05) is 34.5 Å². The highest BCUT2D eigenvalue weighted by Crippen LogP contribution is 2.39. The van der Waals surface area contributed by atoms with Gasteiger partial charge in [0.15, 0.2) is 0 Å². The molecule has 21 heavy (non-hydrogen) atoms. The first kappa shape index (κ1) is 17.3. The largest absolute Gasteiger partial charge is 0.305 e. The summed E-state index contributed by atoms with van der Waals surface area (Å²) in [4.78, 5) is 0.764. The number of thiophene rings is 1. The number of benzene rings is 1. The van der Waals surface area contributed by atoms with Crippen molar-refractivity contribution in [3.05, 3.63) is 53.6 Å². The summed E-state index contributed by atoms with van der Waals surface area (Å²) in [5.41, 5.74) is 0.0112. The molecule has 7 heteroatoms. The van der Waals surface area contributed by atoms with Crippen molar-refractivity contribution in [2.24, 2.45) is 0 Å². The van der Waals surface area contributed by atoms with E-state index < -0.39 is 17.7 Å². The second-order valence-electron chi connectivity index (χ2n) is 4.44. The summed E-state index contributed by atoms with van der Waals surface area (Å²) in [5, 5.41) is 3.72. The van der Waals surface area contributed by atoms with E-state index >= 15 is 0 Å². The fourth-order valence-corrected chi connectivity index (χ4v) is 4.20. The second kappa shape index (κ2) is 7.51. The molecule has 0 amide bonds. The molecule has 2 rings (SSSR count). The van der Waals surface area contributed by atoms with Gasteiger partial charge in [-0.25, -0.2) is 8.78 Å². The normalized spacial score (nSPS) is 12.7. The van der Waals surface area contributed by atoms with E-state index in [1.807, 2.05) is 6.92 Å². The van der Waals surface area contributed by atoms with Crippen LogP contribution in [0, 0.1) is 11.6 Å². The van der Waals surface area contributed by atoms with Crippen molar-refractivity contribution in [3.8, 4) is 0 Å². The van der Waals surface area contributed by atoms with Gasteiger partial charge in [0.05, 0.1) is 14.9 Å². The van der Waals surface area contributed by atoms with E-state index in [1.54, 1.807) is 6.07 Å². The number of hydrogen-bond acceptors (Lipinski definition) is 2. The minimum atomic E-state index is -0.587. The molecule has 1 aromatic carbocycles. The average molecular weight is 460 g/mol. The maximum absolute atomic E-state index is 14.2. The molecule has 1 N–H and O–H groups in total. The summed E-state index contributed by atoms with van der Waals surface area (Å²) < 4.78 is 29.6. The summed E-state index contributed by atoms with van der Waals surface area (Å²) in [6, 6.07) is 3.70. The molecule has 1 unspecified atom stereocenters. The first-order valence-electron chi connectivity index (χ1n) is 6.26. The number of halogens is 5. The Kier molecular flexibility index (Phi) is 6.20. The standard InChI is InChI=1S/C14H12Br2ClF2NS/c1-2-3-20-13(11-6-8(17)14(16)21-11)12-9(18)4-7(15)5-10(12)19/h4-6,13,20H,2-3H2,1H3. The van der Waals surface area contributed by atoms with Crippen LogP contribution >= 0.6 is 54.8 Å². The van der Waals surface area contributed by atoms with Crippen LogP contribution in [0.15, 0.2) is 26.5 Å². The predicted molar refractivity (Wildman–Crippen MR) is 91.2 cm³/mol. The Morgan fingerprint density at radius 3 is 2.33 bits per heavy atom. The van der Waals surface area contributed by atoms with E-state index in [1.165, 1.54) is 23.5 Å². The van der Waals surface area contributed by atoms with Crippen LogP contribution in [0.25, 0.3) is 0 Å². The maximum atomic E-state index is 14.2. The summed E-state index contributed by atoms with van der Waals surface area (Å²) in [5.74, 6) is -1.17. The Hall–Kier alpha value is -0.0100. The van der Waals surface area contributed by atoms with Crippen LogP contribution in [-0.2, 0) is 0 Å². The van der Waals surface area contributed by atoms with Crippen LogP contribution in [0.1, 0.15) is 29.8 Å². The molecule has 0 saturated carbocycles. The molecule has 1 aromatic heterocycles. The minimum absolute atomic E-state index is 0.0112. The Morgan fingerprint density at radius 1 is 1.24 bits per heavy atom. The van der Waals surface area contributed by atoms with E-state index in [0.29, 0.717) is 16.0 Å². The van der Waals surface area contributed by atoms with Crippen molar-refractivity contribution in [2.45, 2.75) is 19.4 Å². The molecule has 0 aliphatic heterocycles. The third-order valence-electron chi connectivity index (χ3n) is 2.88. The number of hydrogen-bond donors (Lipinski definition) is 1. The lowest BCUT2D eigenvalue weighted by Crippen LogP contribution is -2.24. The van der Waals surface area contributed by atoms with E-state index in [-0.39, 0.29) is 5.56 Å². The van der Waals surface area contributed by atoms with Gasteiger partial charge in [0.1, 0.15) is 11.6 Å². The van der Waals surface area contributed by atoms with Gasteiger partial charge in [-0.2, -0.15) is 0 Å². The van der Waals surface area contributed by atoms with Crippen LogP contribution in [0.5, 0.6) is 0 Å². The third kappa shape index (κ3) is 4.05. The molecule has 0 radical (unpaired) electrons. The van der Waals surface area contributed by atoms with Crippen LogP contribution in [0.2, 0.25) is 5.02 Å². The van der Waals surface area contributed by atoms with Crippen LogP contribution in [0.4, 0.5) is 8.78 Å². The maximum Gasteiger partial charge on any atom is 0.132 e. The van der Waals surface area contributed by atoms with Gasteiger partial charge in [-0.3, -0.25) is 0 Å². The summed E-state index contributed by atoms with van der Waals surface area (Å²) in [7, 11) is 0. The van der Waals surface area contributed by atoms with Gasteiger partial charge in [-0.05, 0) is 47.1 Å². The molecule has 0 bridgehead atoms. The second-order valence-corrected chi connectivity index (χ2v) is 8.17. The quantitative estimate of drug-likeness (QED) is 0.554. The van der Waals surface area contributed by atoms with Gasteiger partial charge in [0, 0.05) is 14.9 Å². The first-order valence-corrected chi connectivity index (χ1v) is 9.04. The summed E-state index contributed by atoms with van der Waals surface area (Å²) >= 11 is 13.8. The molecule has 0 spiro atoms. The van der Waals surface area contributed by atoms with Crippen LogP contribution in [-0.4, -0.2) is 6.54 Å². The topological polar surface area (TPSA) is 12.0 Å². The Morgan fingerprint density at radius 2 is 1.86 bits per heavy atom. The minimum Gasteiger partial charge on any atom is -0.305 e. The van der Waals surface area contributed by atoms with Gasteiger partial charge >= 0.3 is 0 Å². The predicted octanol–water partition coefficient (Wildman–Crippen LogP) is 6.29. The fraction of sp³-hybridized carbons (Fsp3) is 0.286. The molecule has 1 atom stereocenters. The smallest absolute Gasteiger partial charge is 0.132 e. The molecule has 0 aliphatic carbocycles. The molecule has 1 nitrogen and oxygen atoms in total. The Bertz CT molecular complexity index is 605. The van der Waals surface area contributed by atoms with Crippen molar-refractivity contribution in [3.63, 3.8) is 0 Å². The summed E-state index contributed by atoms with van der Waals surface area (Å²) in [6.07, 6.45) is 0.858. The van der Waals surface area contributed by atoms with E-state index in [9.17, 15) is 8.78 Å². The van der Waals surface area contributed by atoms with Gasteiger partial charge in [0.25, 0.3) is 0 Å². The third-order valence-corrected chi connectivity index (χ3v) is 5.88. The first-order chi connectivity index (χ1) is 9.93. The zero-order chi connectivity index (χ0) is 15.6. The lowest BCUT2D eigenvalue weighted by molar-refractivity contribution is 0.505. The zero-order valence-corrected chi connectivity index (χ0v) is 15.8. The zero-order valence-electron chi connectivity index (χ0n) is 11.0. The molecule has 1 heterocycles. The highest BCUT2D eigenvalue weighted by Gasteiger charge is 2.24. The van der Waals surface area contributed by atoms with Gasteiger partial charge in [0.2, 0.25) is 0 Å². The lowest BCUT2D eigenvalue weighted by atomic mass is 10.0. The van der Waals surface area contributed by atoms with Crippen molar-refractivity contribution >= 4 is 54.8 Å². The van der Waals surface area contributed by atoms with Crippen LogP contribution < -0.4 is 5.32 Å². The van der Waals surface area contributed by atoms with Gasteiger partial charge < -0.3 is 5.32 Å². The van der Waals surface area contributed by atoms with Crippen molar-refractivity contribution in [1.82, 2.24) is 5.32 Å². The van der Waals surface area contributed by atoms with Crippen molar-refractivity contribution < 1.29 is 8.78 Å². The average Bonchev–Trinajstić information content (AvgIpc) is 2.72. The SMILES string of the molecule is CCCNC(c1cc(Cl)c(Br)s1)c1c(F)cc(Br)cc1F. The number of nitrogens with one attached hydrogen (secondary N) is 1. The van der Waals surface area contributed by atoms with E-state index in [4.69, 9.17) is 11.6 Å². The molecule has 0 fully saturated rings. The van der Waals surface area contributed by atoms with Crippen LogP contribution in [0.3, 0.4) is 0 Å². The lowest BCUT2D eigenvalue weighted by Gasteiger charge is -2.19. The van der Waals surface area contributed by atoms with Crippen molar-refractivity contribution in [1.29, 1.82) is 0 Å².